The summed E-state index contributed by atoms with van der Waals surface area (Å²) in [5.74, 6) is 1.37. The predicted molar refractivity (Wildman–Crippen MR) is 121 cm³/mol. The summed E-state index contributed by atoms with van der Waals surface area (Å²) in [5.41, 5.74) is 1.61. The minimum Gasteiger partial charge on any atom is -0.490 e. The van der Waals surface area contributed by atoms with Gasteiger partial charge in [-0.25, -0.2) is 0 Å². The van der Waals surface area contributed by atoms with Crippen LogP contribution in [0.3, 0.4) is 0 Å². The molecule has 2 amide bonds. The van der Waals surface area contributed by atoms with Gasteiger partial charge in [0.25, 0.3) is 0 Å². The zero-order chi connectivity index (χ0) is 22.2. The van der Waals surface area contributed by atoms with Gasteiger partial charge in [-0.3, -0.25) is 14.6 Å². The van der Waals surface area contributed by atoms with E-state index in [2.05, 4.69) is 20.9 Å². The minimum atomic E-state index is 0.0316. The first-order valence-corrected chi connectivity index (χ1v) is 11.3. The second kappa shape index (κ2) is 11.1. The molecule has 1 aromatic heterocycles. The van der Waals surface area contributed by atoms with Gasteiger partial charge >= 0.3 is 0 Å². The van der Waals surface area contributed by atoms with Crippen molar-refractivity contribution >= 4 is 27.7 Å². The molecule has 0 spiro atoms. The second-order valence-corrected chi connectivity index (χ2v) is 8.05. The van der Waals surface area contributed by atoms with E-state index >= 15 is 0 Å². The first-order valence-electron chi connectivity index (χ1n) is 10.5. The monoisotopic (exact) mass is 489 g/mol. The number of pyridine rings is 1. The van der Waals surface area contributed by atoms with E-state index < -0.39 is 0 Å². The molecule has 31 heavy (non-hydrogen) atoms. The summed E-state index contributed by atoms with van der Waals surface area (Å²) >= 11 is 3.55. The fourth-order valence-electron chi connectivity index (χ4n) is 3.50. The van der Waals surface area contributed by atoms with E-state index in [1.807, 2.05) is 49.1 Å². The Morgan fingerprint density at radius 3 is 2.06 bits per heavy atom. The minimum absolute atomic E-state index is 0.0316. The number of ether oxygens (including phenoxy) is 2. The van der Waals surface area contributed by atoms with Crippen molar-refractivity contribution in [2.24, 2.45) is 0 Å². The Bertz CT molecular complexity index is 899. The summed E-state index contributed by atoms with van der Waals surface area (Å²) in [4.78, 5) is 33.2. The maximum atomic E-state index is 12.9. The zero-order valence-electron chi connectivity index (χ0n) is 18.0. The summed E-state index contributed by atoms with van der Waals surface area (Å²) in [6.07, 6.45) is 2.23. The average molecular weight is 490 g/mol. The summed E-state index contributed by atoms with van der Waals surface area (Å²) in [6.45, 7) is 7.01. The maximum Gasteiger partial charge on any atom is 0.228 e. The maximum absolute atomic E-state index is 12.9. The molecule has 1 aliphatic heterocycles. The normalized spacial score (nSPS) is 13.8. The number of piperazine rings is 1. The molecular weight excluding hydrogens is 462 g/mol. The molecule has 0 bridgehead atoms. The number of nitrogens with zero attached hydrogens (tertiary/aromatic N) is 3. The second-order valence-electron chi connectivity index (χ2n) is 7.19. The number of hydrogen-bond donors (Lipinski definition) is 0. The molecule has 1 fully saturated rings. The van der Waals surface area contributed by atoms with Crippen molar-refractivity contribution in [3.8, 4) is 11.5 Å². The first-order chi connectivity index (χ1) is 15.0. The van der Waals surface area contributed by atoms with Crippen molar-refractivity contribution in [3.05, 3.63) is 52.3 Å². The molecule has 8 heteroatoms. The Morgan fingerprint density at radius 2 is 1.52 bits per heavy atom. The van der Waals surface area contributed by atoms with Gasteiger partial charge in [0, 0.05) is 42.5 Å². The van der Waals surface area contributed by atoms with Crippen LogP contribution >= 0.6 is 15.9 Å². The van der Waals surface area contributed by atoms with Gasteiger partial charge in [-0.15, -0.1) is 0 Å². The van der Waals surface area contributed by atoms with Crippen LogP contribution in [0.2, 0.25) is 0 Å². The Kier molecular flexibility index (Phi) is 8.28. The van der Waals surface area contributed by atoms with Gasteiger partial charge in [0.1, 0.15) is 0 Å². The molecule has 2 aromatic rings. The van der Waals surface area contributed by atoms with Crippen LogP contribution in [0.1, 0.15) is 25.1 Å². The number of aromatic nitrogens is 1. The van der Waals surface area contributed by atoms with Crippen LogP contribution in [0.4, 0.5) is 0 Å². The van der Waals surface area contributed by atoms with Crippen LogP contribution in [0.25, 0.3) is 0 Å². The Labute approximate surface area is 191 Å². The van der Waals surface area contributed by atoms with E-state index in [0.29, 0.717) is 50.9 Å². The molecule has 1 saturated heterocycles. The van der Waals surface area contributed by atoms with Crippen LogP contribution in [0.5, 0.6) is 11.5 Å². The fourth-order valence-corrected chi connectivity index (χ4v) is 3.96. The van der Waals surface area contributed by atoms with Gasteiger partial charge in [-0.2, -0.15) is 0 Å². The average Bonchev–Trinajstić information content (AvgIpc) is 2.78. The molecular formula is C23H28BrN3O4. The third-order valence-electron chi connectivity index (χ3n) is 5.10. The van der Waals surface area contributed by atoms with Crippen molar-refractivity contribution in [2.45, 2.75) is 26.7 Å². The number of hydrogen-bond acceptors (Lipinski definition) is 5. The lowest BCUT2D eigenvalue weighted by Crippen LogP contribution is -2.51. The van der Waals surface area contributed by atoms with Crippen molar-refractivity contribution in [2.75, 3.05) is 39.4 Å². The number of carbonyl (C=O) groups excluding carboxylic acids is 2. The van der Waals surface area contributed by atoms with Crippen LogP contribution in [-0.4, -0.2) is 66.0 Å². The molecule has 2 heterocycles. The number of rotatable bonds is 8. The molecule has 166 valence electrons. The van der Waals surface area contributed by atoms with Gasteiger partial charge < -0.3 is 19.3 Å². The van der Waals surface area contributed by atoms with Crippen molar-refractivity contribution in [3.63, 3.8) is 0 Å². The van der Waals surface area contributed by atoms with Crippen LogP contribution in [0, 0.1) is 0 Å². The summed E-state index contributed by atoms with van der Waals surface area (Å²) in [5, 5.41) is 0. The third kappa shape index (κ3) is 6.19. The Morgan fingerprint density at radius 1 is 0.935 bits per heavy atom. The highest BCUT2D eigenvalue weighted by Crippen LogP contribution is 2.34. The quantitative estimate of drug-likeness (QED) is 0.569. The van der Waals surface area contributed by atoms with E-state index in [1.165, 1.54) is 0 Å². The van der Waals surface area contributed by atoms with Crippen LogP contribution < -0.4 is 9.47 Å². The SMILES string of the molecule is CCOc1cc(Br)c(CC(=O)N2CCN(C(=O)Cc3ccccn3)CC2)cc1OCC. The number of benzene rings is 1. The van der Waals surface area contributed by atoms with Gasteiger partial charge in [0.2, 0.25) is 11.8 Å². The summed E-state index contributed by atoms with van der Waals surface area (Å²) < 4.78 is 12.1. The highest BCUT2D eigenvalue weighted by molar-refractivity contribution is 9.10. The molecule has 0 atom stereocenters. The van der Waals surface area contributed by atoms with E-state index in [1.54, 1.807) is 11.1 Å². The van der Waals surface area contributed by atoms with E-state index in [4.69, 9.17) is 9.47 Å². The van der Waals surface area contributed by atoms with E-state index in [-0.39, 0.29) is 24.7 Å². The van der Waals surface area contributed by atoms with Crippen molar-refractivity contribution in [1.82, 2.24) is 14.8 Å². The lowest BCUT2D eigenvalue weighted by molar-refractivity contribution is -0.138. The fraction of sp³-hybridized carbons (Fsp3) is 0.435. The topological polar surface area (TPSA) is 72.0 Å². The molecule has 3 rings (SSSR count). The Hall–Kier alpha value is -2.61. The van der Waals surface area contributed by atoms with Gasteiger partial charge in [-0.1, -0.05) is 22.0 Å². The van der Waals surface area contributed by atoms with Gasteiger partial charge in [0.05, 0.1) is 26.1 Å². The standard InChI is InChI=1S/C23H28BrN3O4/c1-3-30-20-13-17(19(24)16-21(20)31-4-2)14-22(28)26-9-11-27(12-10-26)23(29)15-18-7-5-6-8-25-18/h5-8,13,16H,3-4,9-12,14-15H2,1-2H3. The lowest BCUT2D eigenvalue weighted by atomic mass is 10.1. The van der Waals surface area contributed by atoms with Gasteiger partial charge in [-0.05, 0) is 43.7 Å². The summed E-state index contributed by atoms with van der Waals surface area (Å²) in [7, 11) is 0. The van der Waals surface area contributed by atoms with Crippen molar-refractivity contribution < 1.29 is 19.1 Å². The number of carbonyl (C=O) groups is 2. The van der Waals surface area contributed by atoms with Gasteiger partial charge in [0.15, 0.2) is 11.5 Å². The highest BCUT2D eigenvalue weighted by Gasteiger charge is 2.25. The Balaban J connectivity index is 1.57. The molecule has 0 aliphatic carbocycles. The highest BCUT2D eigenvalue weighted by atomic mass is 79.9. The smallest absolute Gasteiger partial charge is 0.228 e. The van der Waals surface area contributed by atoms with Crippen LogP contribution in [0.15, 0.2) is 41.0 Å². The molecule has 0 saturated carbocycles. The molecule has 1 aliphatic rings. The molecule has 7 nitrogen and oxygen atoms in total. The lowest BCUT2D eigenvalue weighted by Gasteiger charge is -2.35. The largest absolute Gasteiger partial charge is 0.490 e. The zero-order valence-corrected chi connectivity index (χ0v) is 19.6. The van der Waals surface area contributed by atoms with E-state index in [9.17, 15) is 9.59 Å². The molecule has 1 aromatic carbocycles. The molecule has 0 unspecified atom stereocenters. The first kappa shape index (κ1) is 23.1. The number of halogens is 1. The van der Waals surface area contributed by atoms with E-state index in [0.717, 1.165) is 15.7 Å². The van der Waals surface area contributed by atoms with Crippen molar-refractivity contribution in [1.29, 1.82) is 0 Å². The third-order valence-corrected chi connectivity index (χ3v) is 5.84. The number of amides is 2. The van der Waals surface area contributed by atoms with Crippen LogP contribution in [-0.2, 0) is 22.4 Å². The predicted octanol–water partition coefficient (Wildman–Crippen LogP) is 3.10. The molecule has 0 radical (unpaired) electrons. The summed E-state index contributed by atoms with van der Waals surface area (Å²) in [6, 6.07) is 9.28. The molecule has 0 N–H and O–H groups in total.